The topological polar surface area (TPSA) is 110 Å². The zero-order chi connectivity index (χ0) is 29.0. The number of aliphatic carboxylic acids is 1. The van der Waals surface area contributed by atoms with Crippen molar-refractivity contribution in [3.05, 3.63) is 71.8 Å². The lowest BCUT2D eigenvalue weighted by Crippen LogP contribution is -2.46. The van der Waals surface area contributed by atoms with E-state index in [0.29, 0.717) is 19.3 Å². The number of hydrogen-bond acceptors (Lipinski definition) is 5. The first-order valence-corrected chi connectivity index (χ1v) is 13.7. The minimum absolute atomic E-state index is 0.0882. The van der Waals surface area contributed by atoms with Crippen LogP contribution in [0.5, 0.6) is 0 Å². The Morgan fingerprint density at radius 2 is 1.41 bits per heavy atom. The molecule has 0 saturated heterocycles. The van der Waals surface area contributed by atoms with Crippen molar-refractivity contribution in [3.63, 3.8) is 0 Å². The molecule has 0 heterocycles. The number of amides is 1. The summed E-state index contributed by atoms with van der Waals surface area (Å²) in [5.41, 5.74) is 1.19. The van der Waals surface area contributed by atoms with E-state index in [-0.39, 0.29) is 31.0 Å². The molecule has 0 aromatic heterocycles. The average Bonchev–Trinajstić information content (AvgIpc) is 2.85. The third-order valence-electron chi connectivity index (χ3n) is 6.36. The summed E-state index contributed by atoms with van der Waals surface area (Å²) in [6.07, 6.45) is 1.29. The number of aryl methyl sites for hydroxylation is 1. The van der Waals surface area contributed by atoms with E-state index in [1.807, 2.05) is 74.5 Å². The van der Waals surface area contributed by atoms with Gasteiger partial charge in [0.1, 0.15) is 5.60 Å². The number of ketones is 1. The molecule has 2 aromatic carbocycles. The highest BCUT2D eigenvalue weighted by atomic mass is 16.6. The smallest absolute Gasteiger partial charge is 0.307 e. The van der Waals surface area contributed by atoms with Crippen molar-refractivity contribution in [1.29, 1.82) is 0 Å². The fraction of sp³-hybridized carbons (Fsp3) is 0.500. The van der Waals surface area contributed by atoms with E-state index in [2.05, 4.69) is 5.32 Å². The van der Waals surface area contributed by atoms with Gasteiger partial charge in [-0.1, -0.05) is 74.5 Å². The molecule has 1 amide bonds. The molecule has 0 fully saturated rings. The lowest BCUT2D eigenvalue weighted by Gasteiger charge is -2.25. The summed E-state index contributed by atoms with van der Waals surface area (Å²) in [5.74, 6) is -3.75. The molecule has 2 rings (SSSR count). The van der Waals surface area contributed by atoms with Crippen molar-refractivity contribution in [3.8, 4) is 0 Å². The zero-order valence-corrected chi connectivity index (χ0v) is 23.8. The Kier molecular flexibility index (Phi) is 12.4. The number of benzene rings is 2. The fourth-order valence-corrected chi connectivity index (χ4v) is 4.46. The third kappa shape index (κ3) is 12.3. The number of carboxylic acid groups (broad SMARTS) is 1. The van der Waals surface area contributed by atoms with Crippen molar-refractivity contribution in [2.45, 2.75) is 84.8 Å². The van der Waals surface area contributed by atoms with Crippen LogP contribution in [0.15, 0.2) is 60.7 Å². The SMILES string of the molecule is CC(C)C[C@H](NC(=O)[C@H](CCc1ccccc1)CC(=O)OC(C)(C)C)C(=O)C[C@@H](Cc1ccccc1)C(=O)O. The Hall–Kier alpha value is -3.48. The van der Waals surface area contributed by atoms with Gasteiger partial charge in [-0.25, -0.2) is 0 Å². The van der Waals surface area contributed by atoms with E-state index in [0.717, 1.165) is 11.1 Å². The number of ether oxygens (including phenoxy) is 1. The number of hydrogen-bond donors (Lipinski definition) is 2. The molecule has 2 aromatic rings. The third-order valence-corrected chi connectivity index (χ3v) is 6.36. The fourth-order valence-electron chi connectivity index (χ4n) is 4.46. The summed E-state index contributed by atoms with van der Waals surface area (Å²) >= 11 is 0. The van der Waals surface area contributed by atoms with Crippen LogP contribution in [0.1, 0.15) is 71.4 Å². The molecule has 7 nitrogen and oxygen atoms in total. The summed E-state index contributed by atoms with van der Waals surface area (Å²) in [4.78, 5) is 51.5. The van der Waals surface area contributed by atoms with Crippen LogP contribution < -0.4 is 5.32 Å². The van der Waals surface area contributed by atoms with Gasteiger partial charge in [-0.05, 0) is 63.5 Å². The number of nitrogens with one attached hydrogen (secondary N) is 1. The standard InChI is InChI=1S/C32H43NO6/c1-22(2)18-27(28(34)20-26(31(37)38)19-24-14-10-7-11-15-24)33-30(36)25(21-29(35)39-32(3,4)5)17-16-23-12-8-6-9-13-23/h6-15,22,25-27H,16-21H2,1-5H3,(H,33,36)(H,37,38)/t25-,26-,27+/m1/s1. The summed E-state index contributed by atoms with van der Waals surface area (Å²) in [5, 5.41) is 12.7. The second kappa shape index (κ2) is 15.2. The lowest BCUT2D eigenvalue weighted by atomic mass is 9.89. The second-order valence-corrected chi connectivity index (χ2v) is 11.6. The normalized spacial score (nSPS) is 13.8. The predicted octanol–water partition coefficient (Wildman–Crippen LogP) is 5.40. The molecule has 3 atom stereocenters. The molecule has 0 aliphatic carbocycles. The Morgan fingerprint density at radius 3 is 1.92 bits per heavy atom. The molecule has 0 unspecified atom stereocenters. The van der Waals surface area contributed by atoms with Gasteiger partial charge in [0, 0.05) is 12.3 Å². The zero-order valence-electron chi connectivity index (χ0n) is 23.8. The number of Topliss-reactive ketones (excluding diaryl/α,β-unsaturated/α-hetero) is 1. The van der Waals surface area contributed by atoms with Gasteiger partial charge in [-0.15, -0.1) is 0 Å². The number of carbonyl (C=O) groups is 4. The van der Waals surface area contributed by atoms with Gasteiger partial charge in [0.25, 0.3) is 0 Å². The van der Waals surface area contributed by atoms with Crippen LogP contribution in [0.2, 0.25) is 0 Å². The van der Waals surface area contributed by atoms with E-state index >= 15 is 0 Å². The van der Waals surface area contributed by atoms with Crippen molar-refractivity contribution in [1.82, 2.24) is 5.32 Å². The van der Waals surface area contributed by atoms with Crippen LogP contribution in [0.4, 0.5) is 0 Å². The first-order valence-electron chi connectivity index (χ1n) is 13.7. The maximum Gasteiger partial charge on any atom is 0.307 e. The first kappa shape index (κ1) is 31.7. The molecule has 7 heteroatoms. The van der Waals surface area contributed by atoms with E-state index in [4.69, 9.17) is 4.74 Å². The molecule has 0 saturated carbocycles. The van der Waals surface area contributed by atoms with Crippen LogP contribution in [0, 0.1) is 17.8 Å². The van der Waals surface area contributed by atoms with Crippen molar-refractivity contribution in [2.75, 3.05) is 0 Å². The maximum atomic E-state index is 13.5. The van der Waals surface area contributed by atoms with Gasteiger partial charge in [0.15, 0.2) is 5.78 Å². The van der Waals surface area contributed by atoms with Gasteiger partial charge in [-0.3, -0.25) is 19.2 Å². The van der Waals surface area contributed by atoms with Gasteiger partial charge in [-0.2, -0.15) is 0 Å². The quantitative estimate of drug-likeness (QED) is 0.294. The van der Waals surface area contributed by atoms with E-state index in [1.165, 1.54) is 0 Å². The molecule has 212 valence electrons. The summed E-state index contributed by atoms with van der Waals surface area (Å²) < 4.78 is 5.47. The number of rotatable bonds is 15. The predicted molar refractivity (Wildman–Crippen MR) is 151 cm³/mol. The molecule has 0 aliphatic rings. The Bertz CT molecular complexity index is 1070. The van der Waals surface area contributed by atoms with E-state index in [1.54, 1.807) is 20.8 Å². The summed E-state index contributed by atoms with van der Waals surface area (Å²) in [6.45, 7) is 9.21. The summed E-state index contributed by atoms with van der Waals surface area (Å²) in [7, 11) is 0. The van der Waals surface area contributed by atoms with E-state index < -0.39 is 41.3 Å². The number of esters is 1. The molecule has 0 aliphatic heterocycles. The molecular formula is C32H43NO6. The minimum Gasteiger partial charge on any atom is -0.481 e. The first-order chi connectivity index (χ1) is 18.3. The van der Waals surface area contributed by atoms with Crippen LogP contribution in [-0.2, 0) is 36.8 Å². The molecule has 2 N–H and O–H groups in total. The molecule has 39 heavy (non-hydrogen) atoms. The molecule has 0 spiro atoms. The largest absolute Gasteiger partial charge is 0.481 e. The second-order valence-electron chi connectivity index (χ2n) is 11.6. The van der Waals surface area contributed by atoms with Gasteiger partial charge >= 0.3 is 11.9 Å². The van der Waals surface area contributed by atoms with Crippen LogP contribution in [-0.4, -0.2) is 40.4 Å². The monoisotopic (exact) mass is 537 g/mol. The lowest BCUT2D eigenvalue weighted by molar-refractivity contribution is -0.157. The van der Waals surface area contributed by atoms with E-state index in [9.17, 15) is 24.3 Å². The molecule has 0 bridgehead atoms. The number of carbonyl (C=O) groups excluding carboxylic acids is 3. The van der Waals surface area contributed by atoms with Crippen LogP contribution in [0.25, 0.3) is 0 Å². The summed E-state index contributed by atoms with van der Waals surface area (Å²) in [6, 6.07) is 18.0. The highest BCUT2D eigenvalue weighted by molar-refractivity contribution is 5.92. The molecular weight excluding hydrogens is 494 g/mol. The van der Waals surface area contributed by atoms with Crippen LogP contribution in [0.3, 0.4) is 0 Å². The Labute approximate surface area is 232 Å². The van der Waals surface area contributed by atoms with Crippen molar-refractivity contribution in [2.24, 2.45) is 17.8 Å². The molecule has 0 radical (unpaired) electrons. The van der Waals surface area contributed by atoms with Crippen LogP contribution >= 0.6 is 0 Å². The number of carboxylic acids is 1. The highest BCUT2D eigenvalue weighted by Gasteiger charge is 2.31. The Balaban J connectivity index is 2.17. The van der Waals surface area contributed by atoms with Crippen molar-refractivity contribution >= 4 is 23.6 Å². The average molecular weight is 538 g/mol. The van der Waals surface area contributed by atoms with Gasteiger partial charge in [0.2, 0.25) is 5.91 Å². The van der Waals surface area contributed by atoms with Crippen molar-refractivity contribution < 1.29 is 29.0 Å². The Morgan fingerprint density at radius 1 is 0.846 bits per heavy atom. The minimum atomic E-state index is -1.05. The van der Waals surface area contributed by atoms with Gasteiger partial charge < -0.3 is 15.2 Å². The van der Waals surface area contributed by atoms with Gasteiger partial charge in [0.05, 0.1) is 18.4 Å². The highest BCUT2D eigenvalue weighted by Crippen LogP contribution is 2.20. The maximum absolute atomic E-state index is 13.5.